The van der Waals surface area contributed by atoms with E-state index < -0.39 is 6.10 Å². The van der Waals surface area contributed by atoms with E-state index in [9.17, 15) is 9.90 Å². The SMILES string of the molecule is CC(C)NCC(O)COc1ccc2c3ccncc3c(=O)n(C)c2c1. The first-order valence-electron chi connectivity index (χ1n) is 8.38. The number of fused-ring (bicyclic) bond motifs is 3. The summed E-state index contributed by atoms with van der Waals surface area (Å²) in [5.74, 6) is 0.625. The Labute approximate surface area is 146 Å². The summed E-state index contributed by atoms with van der Waals surface area (Å²) in [6, 6.07) is 7.79. The summed E-state index contributed by atoms with van der Waals surface area (Å²) in [4.78, 5) is 16.5. The summed E-state index contributed by atoms with van der Waals surface area (Å²) in [5, 5.41) is 15.6. The van der Waals surface area contributed by atoms with Crippen LogP contribution in [0.2, 0.25) is 0 Å². The van der Waals surface area contributed by atoms with Gasteiger partial charge in [0.2, 0.25) is 0 Å². The smallest absolute Gasteiger partial charge is 0.260 e. The number of aliphatic hydroxyl groups is 1. The number of aliphatic hydroxyl groups excluding tert-OH is 1. The van der Waals surface area contributed by atoms with Crippen molar-refractivity contribution in [1.82, 2.24) is 14.9 Å². The minimum Gasteiger partial charge on any atom is -0.491 e. The Morgan fingerprint density at radius 1 is 1.24 bits per heavy atom. The van der Waals surface area contributed by atoms with Gasteiger partial charge >= 0.3 is 0 Å². The van der Waals surface area contributed by atoms with Gasteiger partial charge in [0.1, 0.15) is 18.5 Å². The standard InChI is InChI=1S/C19H23N3O3/c1-12(2)21-9-13(23)11-25-14-4-5-16-15-6-7-20-10-17(15)19(24)22(3)18(16)8-14/h4-8,10,12-13,21,23H,9,11H2,1-3H3. The largest absolute Gasteiger partial charge is 0.491 e. The Bertz CT molecular complexity index is 950. The van der Waals surface area contributed by atoms with Crippen molar-refractivity contribution in [2.45, 2.75) is 26.0 Å². The number of pyridine rings is 2. The molecule has 25 heavy (non-hydrogen) atoms. The number of rotatable bonds is 6. The minimum atomic E-state index is -0.593. The predicted octanol–water partition coefficient (Wildman–Crippen LogP) is 1.82. The monoisotopic (exact) mass is 341 g/mol. The van der Waals surface area contributed by atoms with Crippen LogP contribution in [0.1, 0.15) is 13.8 Å². The van der Waals surface area contributed by atoms with Crippen LogP contribution in [0, 0.1) is 0 Å². The van der Waals surface area contributed by atoms with Crippen LogP contribution in [-0.4, -0.2) is 40.0 Å². The van der Waals surface area contributed by atoms with Gasteiger partial charge in [0.25, 0.3) is 5.56 Å². The minimum absolute atomic E-state index is 0.0890. The molecule has 3 rings (SSSR count). The highest BCUT2D eigenvalue weighted by molar-refractivity contribution is 6.05. The van der Waals surface area contributed by atoms with Crippen LogP contribution in [0.3, 0.4) is 0 Å². The topological polar surface area (TPSA) is 76.4 Å². The average Bonchev–Trinajstić information content (AvgIpc) is 2.62. The first-order valence-corrected chi connectivity index (χ1v) is 8.38. The van der Waals surface area contributed by atoms with Gasteiger partial charge in [0, 0.05) is 43.5 Å². The molecule has 0 amide bonds. The van der Waals surface area contributed by atoms with Gasteiger partial charge in [-0.15, -0.1) is 0 Å². The molecule has 6 heteroatoms. The molecule has 0 spiro atoms. The molecule has 1 atom stereocenters. The average molecular weight is 341 g/mol. The van der Waals surface area contributed by atoms with E-state index >= 15 is 0 Å². The Kier molecular flexibility index (Phi) is 5.01. The van der Waals surface area contributed by atoms with Gasteiger partial charge < -0.3 is 19.7 Å². The molecule has 3 aromatic rings. The highest BCUT2D eigenvalue weighted by Gasteiger charge is 2.11. The number of ether oxygens (including phenoxy) is 1. The van der Waals surface area contributed by atoms with E-state index in [4.69, 9.17) is 4.74 Å². The predicted molar refractivity (Wildman–Crippen MR) is 99.1 cm³/mol. The van der Waals surface area contributed by atoms with E-state index in [1.807, 2.05) is 38.1 Å². The summed E-state index contributed by atoms with van der Waals surface area (Å²) >= 11 is 0. The molecule has 2 aromatic heterocycles. The van der Waals surface area contributed by atoms with Gasteiger partial charge in [-0.2, -0.15) is 0 Å². The maximum absolute atomic E-state index is 12.5. The van der Waals surface area contributed by atoms with Crippen LogP contribution < -0.4 is 15.6 Å². The molecule has 0 radical (unpaired) electrons. The maximum Gasteiger partial charge on any atom is 0.260 e. The molecule has 2 heterocycles. The second-order valence-corrected chi connectivity index (χ2v) is 6.49. The molecule has 0 aliphatic rings. The fourth-order valence-electron chi connectivity index (χ4n) is 2.82. The second-order valence-electron chi connectivity index (χ2n) is 6.49. The van der Waals surface area contributed by atoms with Crippen molar-refractivity contribution in [3.63, 3.8) is 0 Å². The molecule has 6 nitrogen and oxygen atoms in total. The molecule has 0 bridgehead atoms. The van der Waals surface area contributed by atoms with Crippen molar-refractivity contribution < 1.29 is 9.84 Å². The third-order valence-electron chi connectivity index (χ3n) is 4.18. The molecule has 0 saturated carbocycles. The number of aromatic nitrogens is 2. The number of nitrogens with one attached hydrogen (secondary N) is 1. The van der Waals surface area contributed by atoms with Crippen LogP contribution in [0.15, 0.2) is 41.5 Å². The van der Waals surface area contributed by atoms with Crippen molar-refractivity contribution in [2.24, 2.45) is 7.05 Å². The molecule has 0 saturated heterocycles. The molecular formula is C19H23N3O3. The Morgan fingerprint density at radius 3 is 2.80 bits per heavy atom. The zero-order chi connectivity index (χ0) is 18.0. The van der Waals surface area contributed by atoms with E-state index in [1.165, 1.54) is 0 Å². The first-order chi connectivity index (χ1) is 12.0. The van der Waals surface area contributed by atoms with Crippen LogP contribution in [0.4, 0.5) is 0 Å². The molecule has 0 aliphatic carbocycles. The van der Waals surface area contributed by atoms with Crippen molar-refractivity contribution >= 4 is 21.7 Å². The lowest BCUT2D eigenvalue weighted by atomic mass is 10.1. The highest BCUT2D eigenvalue weighted by atomic mass is 16.5. The molecular weight excluding hydrogens is 318 g/mol. The molecule has 0 aliphatic heterocycles. The van der Waals surface area contributed by atoms with Gasteiger partial charge in [-0.3, -0.25) is 9.78 Å². The maximum atomic E-state index is 12.5. The molecule has 2 N–H and O–H groups in total. The Balaban J connectivity index is 1.89. The highest BCUT2D eigenvalue weighted by Crippen LogP contribution is 2.25. The Morgan fingerprint density at radius 2 is 2.04 bits per heavy atom. The summed E-state index contributed by atoms with van der Waals surface area (Å²) in [6.45, 7) is 4.71. The van der Waals surface area contributed by atoms with Gasteiger partial charge in [-0.1, -0.05) is 13.8 Å². The first kappa shape index (κ1) is 17.4. The zero-order valence-corrected chi connectivity index (χ0v) is 14.7. The third-order valence-corrected chi connectivity index (χ3v) is 4.18. The lowest BCUT2D eigenvalue weighted by Crippen LogP contribution is -2.35. The van der Waals surface area contributed by atoms with Crippen molar-refractivity contribution in [3.8, 4) is 5.75 Å². The summed E-state index contributed by atoms with van der Waals surface area (Å²) in [7, 11) is 1.74. The summed E-state index contributed by atoms with van der Waals surface area (Å²) in [6.07, 6.45) is 2.69. The second kappa shape index (κ2) is 7.21. The molecule has 1 aromatic carbocycles. The normalized spacial score (nSPS) is 12.8. The molecule has 132 valence electrons. The van der Waals surface area contributed by atoms with E-state index in [0.29, 0.717) is 23.7 Å². The molecule has 0 fully saturated rings. The Hall–Kier alpha value is -2.44. The number of nitrogens with zero attached hydrogens (tertiary/aromatic N) is 2. The van der Waals surface area contributed by atoms with E-state index in [1.54, 1.807) is 24.0 Å². The summed E-state index contributed by atoms with van der Waals surface area (Å²) < 4.78 is 7.30. The van der Waals surface area contributed by atoms with Crippen molar-refractivity contribution in [3.05, 3.63) is 47.0 Å². The van der Waals surface area contributed by atoms with Crippen LogP contribution in [0.25, 0.3) is 21.7 Å². The third kappa shape index (κ3) is 3.65. The summed E-state index contributed by atoms with van der Waals surface area (Å²) in [5.41, 5.74) is 0.699. The lowest BCUT2D eigenvalue weighted by Gasteiger charge is -2.16. The number of benzene rings is 1. The van der Waals surface area contributed by atoms with E-state index in [-0.39, 0.29) is 12.2 Å². The van der Waals surface area contributed by atoms with Gasteiger partial charge in [0.15, 0.2) is 0 Å². The zero-order valence-electron chi connectivity index (χ0n) is 14.7. The van der Waals surface area contributed by atoms with Gasteiger partial charge in [-0.05, 0) is 23.6 Å². The van der Waals surface area contributed by atoms with Gasteiger partial charge in [-0.25, -0.2) is 0 Å². The number of hydrogen-bond donors (Lipinski definition) is 2. The van der Waals surface area contributed by atoms with E-state index in [0.717, 1.165) is 16.3 Å². The van der Waals surface area contributed by atoms with E-state index in [2.05, 4.69) is 10.3 Å². The number of aryl methyl sites for hydroxylation is 1. The van der Waals surface area contributed by atoms with Crippen LogP contribution in [0.5, 0.6) is 5.75 Å². The van der Waals surface area contributed by atoms with Crippen LogP contribution in [-0.2, 0) is 7.05 Å². The fourth-order valence-corrected chi connectivity index (χ4v) is 2.82. The molecule has 1 unspecified atom stereocenters. The van der Waals surface area contributed by atoms with Crippen molar-refractivity contribution in [2.75, 3.05) is 13.2 Å². The quantitative estimate of drug-likeness (QED) is 0.669. The lowest BCUT2D eigenvalue weighted by molar-refractivity contribution is 0.105. The fraction of sp³-hybridized carbons (Fsp3) is 0.368. The van der Waals surface area contributed by atoms with Crippen molar-refractivity contribution in [1.29, 1.82) is 0 Å². The number of hydrogen-bond acceptors (Lipinski definition) is 5. The van der Waals surface area contributed by atoms with Crippen LogP contribution >= 0.6 is 0 Å². The van der Waals surface area contributed by atoms with Gasteiger partial charge in [0.05, 0.1) is 10.9 Å².